The Labute approximate surface area is 243 Å². The van der Waals surface area contributed by atoms with Gasteiger partial charge in [0.15, 0.2) is 0 Å². The smallest absolute Gasteiger partial charge is 0.139 e. The molecule has 1 aromatic rings. The van der Waals surface area contributed by atoms with Gasteiger partial charge in [0.05, 0.1) is 7.11 Å². The summed E-state index contributed by atoms with van der Waals surface area (Å²) in [4.78, 5) is 14.7. The SMILES string of the molecule is COc1ccccc1SC[C@@H](C)CCCC1[C@@H]2CC[C@H]1CC(CCCCC(=O)C13CC4CC(CC(C4)C1)C3)C2. The number of fused-ring (bicyclic) bond motifs is 2. The number of rotatable bonds is 14. The summed E-state index contributed by atoms with van der Waals surface area (Å²) in [5.74, 6) is 10.3. The molecule has 0 radical (unpaired) electrons. The van der Waals surface area contributed by atoms with E-state index >= 15 is 0 Å². The van der Waals surface area contributed by atoms with Crippen LogP contribution in [0.1, 0.15) is 116 Å². The second kappa shape index (κ2) is 12.5. The second-order valence-corrected chi connectivity index (χ2v) is 16.0. The van der Waals surface area contributed by atoms with Crippen LogP contribution in [0.2, 0.25) is 0 Å². The maximum Gasteiger partial charge on any atom is 0.139 e. The Morgan fingerprint density at radius 1 is 0.923 bits per heavy atom. The van der Waals surface area contributed by atoms with Gasteiger partial charge in [0.1, 0.15) is 11.5 Å². The first kappa shape index (κ1) is 28.2. The molecular weight excluding hydrogens is 496 g/mol. The summed E-state index contributed by atoms with van der Waals surface area (Å²) >= 11 is 1.96. The molecule has 6 bridgehead atoms. The fourth-order valence-electron chi connectivity index (χ4n) is 10.7. The zero-order valence-electron chi connectivity index (χ0n) is 24.9. The summed E-state index contributed by atoms with van der Waals surface area (Å²) in [6.45, 7) is 2.43. The number of benzene rings is 1. The van der Waals surface area contributed by atoms with Crippen LogP contribution < -0.4 is 4.74 Å². The lowest BCUT2D eigenvalue weighted by Gasteiger charge is -2.56. The van der Waals surface area contributed by atoms with Crippen LogP contribution >= 0.6 is 11.8 Å². The van der Waals surface area contributed by atoms with E-state index in [9.17, 15) is 4.79 Å². The Morgan fingerprint density at radius 2 is 1.59 bits per heavy atom. The fraction of sp³-hybridized carbons (Fsp3) is 0.806. The van der Waals surface area contributed by atoms with Gasteiger partial charge in [-0.15, -0.1) is 11.8 Å². The van der Waals surface area contributed by atoms with Gasteiger partial charge >= 0.3 is 0 Å². The molecule has 6 aliphatic rings. The summed E-state index contributed by atoms with van der Waals surface area (Å²) in [5.41, 5.74) is 0.135. The minimum atomic E-state index is 0.135. The Hall–Kier alpha value is -0.960. The van der Waals surface area contributed by atoms with Crippen molar-refractivity contribution < 1.29 is 9.53 Å². The number of methoxy groups -OCH3 is 1. The average molecular weight is 551 g/mol. The van der Waals surface area contributed by atoms with E-state index in [0.717, 1.165) is 59.5 Å². The van der Waals surface area contributed by atoms with E-state index < -0.39 is 0 Å². The number of carbonyl (C=O) groups excluding carboxylic acids is 1. The van der Waals surface area contributed by atoms with Gasteiger partial charge in [0.25, 0.3) is 0 Å². The van der Waals surface area contributed by atoms with Crippen molar-refractivity contribution in [3.8, 4) is 5.75 Å². The highest BCUT2D eigenvalue weighted by Crippen LogP contribution is 2.60. The maximum absolute atomic E-state index is 13.4. The second-order valence-electron chi connectivity index (χ2n) is 15.0. The third kappa shape index (κ3) is 6.44. The molecule has 6 fully saturated rings. The normalized spacial score (nSPS) is 37.2. The van der Waals surface area contributed by atoms with Gasteiger partial charge in [-0.2, -0.15) is 0 Å². The molecule has 39 heavy (non-hydrogen) atoms. The van der Waals surface area contributed by atoms with E-state index in [4.69, 9.17) is 4.74 Å². The topological polar surface area (TPSA) is 26.3 Å². The molecular formula is C36H54O2S. The van der Waals surface area contributed by atoms with Gasteiger partial charge in [0, 0.05) is 22.5 Å². The molecule has 6 aliphatic carbocycles. The van der Waals surface area contributed by atoms with E-state index in [-0.39, 0.29) is 5.41 Å². The van der Waals surface area contributed by atoms with Crippen LogP contribution in [-0.2, 0) is 4.79 Å². The Kier molecular flexibility index (Phi) is 9.03. The van der Waals surface area contributed by atoms with Crippen molar-refractivity contribution in [1.29, 1.82) is 0 Å². The summed E-state index contributed by atoms with van der Waals surface area (Å²) in [7, 11) is 1.77. The minimum Gasteiger partial charge on any atom is -0.496 e. The Morgan fingerprint density at radius 3 is 2.26 bits per heavy atom. The monoisotopic (exact) mass is 550 g/mol. The molecule has 0 heterocycles. The number of unbranched alkanes of at least 4 members (excludes halogenated alkanes) is 1. The third-order valence-electron chi connectivity index (χ3n) is 12.1. The lowest BCUT2D eigenvalue weighted by molar-refractivity contribution is -0.144. The van der Waals surface area contributed by atoms with Gasteiger partial charge in [-0.3, -0.25) is 4.79 Å². The molecule has 2 unspecified atom stereocenters. The van der Waals surface area contributed by atoms with E-state index in [0.29, 0.717) is 5.78 Å². The molecule has 5 atom stereocenters. The van der Waals surface area contributed by atoms with Crippen molar-refractivity contribution in [2.24, 2.45) is 52.8 Å². The Bertz CT molecular complexity index is 921. The van der Waals surface area contributed by atoms with Gasteiger partial charge in [-0.25, -0.2) is 0 Å². The molecule has 3 heteroatoms. The molecule has 6 saturated carbocycles. The highest BCUT2D eigenvalue weighted by atomic mass is 32.2. The lowest BCUT2D eigenvalue weighted by atomic mass is 9.48. The molecule has 2 nitrogen and oxygen atoms in total. The third-order valence-corrected chi connectivity index (χ3v) is 13.5. The first-order chi connectivity index (χ1) is 19.0. The summed E-state index contributed by atoms with van der Waals surface area (Å²) in [5, 5.41) is 0. The molecule has 7 rings (SSSR count). The number of Topliss-reactive ketones (excluding diaryl/α,β-unsaturated/α-hetero) is 1. The average Bonchev–Trinajstić information content (AvgIpc) is 3.16. The standard InChI is InChI=1S/C36H54O2S/c1-25(24-39-34-12-5-4-11-33(34)38-2)8-7-10-32-30-14-15-31(32)20-26(19-30)9-3-6-13-35(37)36-21-27-16-28(22-36)18-29(17-27)23-36/h4-5,11-12,25-32H,3,6-10,13-24H2,1-2H3/t25-,26?,27?,28?,29?,30-,31+,32?,36?/m0/s1. The Balaban J connectivity index is 0.871. The number of thioether (sulfide) groups is 1. The predicted molar refractivity (Wildman–Crippen MR) is 163 cm³/mol. The number of para-hydroxylation sites is 1. The predicted octanol–water partition coefficient (Wildman–Crippen LogP) is 9.99. The van der Waals surface area contributed by atoms with Gasteiger partial charge in [0.2, 0.25) is 0 Å². The minimum absolute atomic E-state index is 0.135. The zero-order valence-corrected chi connectivity index (χ0v) is 25.7. The quantitative estimate of drug-likeness (QED) is 0.170. The molecule has 0 aromatic heterocycles. The van der Waals surface area contributed by atoms with Crippen LogP contribution in [0.3, 0.4) is 0 Å². The number of hydrogen-bond acceptors (Lipinski definition) is 3. The van der Waals surface area contributed by atoms with E-state index in [1.807, 2.05) is 11.8 Å². The number of hydrogen-bond donors (Lipinski definition) is 0. The van der Waals surface area contributed by atoms with Crippen molar-refractivity contribution >= 4 is 17.5 Å². The van der Waals surface area contributed by atoms with Crippen molar-refractivity contribution in [2.45, 2.75) is 121 Å². The first-order valence-electron chi connectivity index (χ1n) is 16.8. The number of ketones is 1. The van der Waals surface area contributed by atoms with Crippen LogP contribution in [0, 0.1) is 52.8 Å². The van der Waals surface area contributed by atoms with Crippen LogP contribution in [0.5, 0.6) is 5.75 Å². The molecule has 0 amide bonds. The van der Waals surface area contributed by atoms with E-state index in [1.165, 1.54) is 113 Å². The summed E-state index contributed by atoms with van der Waals surface area (Å²) in [6, 6.07) is 8.43. The largest absolute Gasteiger partial charge is 0.496 e. The van der Waals surface area contributed by atoms with Crippen molar-refractivity contribution in [1.82, 2.24) is 0 Å². The van der Waals surface area contributed by atoms with E-state index in [1.54, 1.807) is 7.11 Å². The van der Waals surface area contributed by atoms with Crippen LogP contribution in [0.4, 0.5) is 0 Å². The summed E-state index contributed by atoms with van der Waals surface area (Å²) in [6.07, 6.45) is 23.0. The fourth-order valence-corrected chi connectivity index (χ4v) is 11.8. The molecule has 0 spiro atoms. The van der Waals surface area contributed by atoms with Crippen molar-refractivity contribution in [3.05, 3.63) is 24.3 Å². The van der Waals surface area contributed by atoms with Crippen LogP contribution in [0.25, 0.3) is 0 Å². The van der Waals surface area contributed by atoms with Crippen molar-refractivity contribution in [3.63, 3.8) is 0 Å². The van der Waals surface area contributed by atoms with Gasteiger partial charge in [-0.05, 0) is 143 Å². The number of ether oxygens (including phenoxy) is 1. The number of carbonyl (C=O) groups is 1. The zero-order chi connectivity index (χ0) is 26.8. The molecule has 216 valence electrons. The summed E-state index contributed by atoms with van der Waals surface area (Å²) < 4.78 is 5.53. The van der Waals surface area contributed by atoms with Crippen LogP contribution in [0.15, 0.2) is 29.2 Å². The molecule has 0 saturated heterocycles. The highest BCUT2D eigenvalue weighted by molar-refractivity contribution is 7.99. The first-order valence-corrected chi connectivity index (χ1v) is 17.8. The van der Waals surface area contributed by atoms with Crippen LogP contribution in [-0.4, -0.2) is 18.6 Å². The van der Waals surface area contributed by atoms with Crippen molar-refractivity contribution in [2.75, 3.05) is 12.9 Å². The molecule has 0 aliphatic heterocycles. The molecule has 1 aromatic carbocycles. The molecule has 0 N–H and O–H groups in total. The lowest BCUT2D eigenvalue weighted by Crippen LogP contribution is -2.49. The maximum atomic E-state index is 13.4. The highest BCUT2D eigenvalue weighted by Gasteiger charge is 2.53. The van der Waals surface area contributed by atoms with Gasteiger partial charge in [-0.1, -0.05) is 38.3 Å². The van der Waals surface area contributed by atoms with E-state index in [2.05, 4.69) is 31.2 Å². The van der Waals surface area contributed by atoms with Gasteiger partial charge < -0.3 is 4.74 Å².